The van der Waals surface area contributed by atoms with E-state index in [0.29, 0.717) is 6.07 Å². The van der Waals surface area contributed by atoms with E-state index < -0.39 is 41.1 Å². The number of hydrogen-bond donors (Lipinski definition) is 0. The van der Waals surface area contributed by atoms with E-state index in [2.05, 4.69) is 0 Å². The van der Waals surface area contributed by atoms with Gasteiger partial charge in [0.15, 0.2) is 11.6 Å². The second kappa shape index (κ2) is 6.11. The van der Waals surface area contributed by atoms with Crippen molar-refractivity contribution < 1.29 is 22.7 Å². The summed E-state index contributed by atoms with van der Waals surface area (Å²) in [6.07, 6.45) is -0.612. The Hall–Kier alpha value is -2.23. The first-order valence-corrected chi connectivity index (χ1v) is 7.16. The van der Waals surface area contributed by atoms with E-state index in [1.165, 1.54) is 0 Å². The maximum absolute atomic E-state index is 13.9. The highest BCUT2D eigenvalue weighted by molar-refractivity contribution is 5.69. The number of amides is 1. The van der Waals surface area contributed by atoms with Crippen LogP contribution in [-0.4, -0.2) is 29.2 Å². The smallest absolute Gasteiger partial charge is 0.411 e. The Bertz CT molecular complexity index is 665. The van der Waals surface area contributed by atoms with E-state index in [-0.39, 0.29) is 18.5 Å². The minimum Gasteiger partial charge on any atom is -0.444 e. The van der Waals surface area contributed by atoms with E-state index >= 15 is 0 Å². The number of ether oxygens (including phenoxy) is 1. The lowest BCUT2D eigenvalue weighted by Crippen LogP contribution is -2.39. The summed E-state index contributed by atoms with van der Waals surface area (Å²) < 4.78 is 45.8. The van der Waals surface area contributed by atoms with Gasteiger partial charge in [-0.25, -0.2) is 18.0 Å². The van der Waals surface area contributed by atoms with Crippen LogP contribution in [0.5, 0.6) is 0 Å². The zero-order chi connectivity index (χ0) is 17.4. The zero-order valence-corrected chi connectivity index (χ0v) is 13.1. The topological polar surface area (TPSA) is 53.3 Å². The predicted octanol–water partition coefficient (Wildman–Crippen LogP) is 3.72. The SMILES string of the molecule is CC(C)(C)OC(=O)N1C[C@@H](c2cc(F)cc(F)c2F)CC1C#N. The van der Waals surface area contributed by atoms with Crippen LogP contribution in [0.25, 0.3) is 0 Å². The van der Waals surface area contributed by atoms with Crippen LogP contribution in [0.2, 0.25) is 0 Å². The molecule has 2 rings (SSSR count). The van der Waals surface area contributed by atoms with E-state index in [4.69, 9.17) is 4.74 Å². The molecule has 1 saturated heterocycles. The van der Waals surface area contributed by atoms with E-state index in [9.17, 15) is 23.2 Å². The molecule has 1 unspecified atom stereocenters. The van der Waals surface area contributed by atoms with Gasteiger partial charge in [-0.15, -0.1) is 0 Å². The van der Waals surface area contributed by atoms with Crippen LogP contribution in [0.15, 0.2) is 12.1 Å². The molecule has 0 aliphatic carbocycles. The third-order valence-corrected chi connectivity index (χ3v) is 3.54. The van der Waals surface area contributed by atoms with Crippen LogP contribution >= 0.6 is 0 Å². The Kier molecular flexibility index (Phi) is 4.55. The molecule has 4 nitrogen and oxygen atoms in total. The molecule has 0 N–H and O–H groups in total. The molecule has 0 radical (unpaired) electrons. The molecular weight excluding hydrogens is 309 g/mol. The number of carbonyl (C=O) groups is 1. The number of likely N-dealkylation sites (tertiary alicyclic amines) is 1. The molecule has 0 spiro atoms. The molecular formula is C16H17F3N2O2. The molecule has 23 heavy (non-hydrogen) atoms. The molecule has 1 fully saturated rings. The lowest BCUT2D eigenvalue weighted by molar-refractivity contribution is 0.0257. The molecule has 2 atom stereocenters. The van der Waals surface area contributed by atoms with Crippen LogP contribution in [0.4, 0.5) is 18.0 Å². The van der Waals surface area contributed by atoms with E-state index in [0.717, 1.165) is 11.0 Å². The van der Waals surface area contributed by atoms with Crippen molar-refractivity contribution in [3.05, 3.63) is 35.1 Å². The standard InChI is InChI=1S/C16H17F3N2O2/c1-16(2,3)23-15(22)21-8-9(4-11(21)7-20)12-5-10(17)6-13(18)14(12)19/h5-6,9,11H,4,8H2,1-3H3/t9-,11?/m0/s1. The largest absolute Gasteiger partial charge is 0.444 e. The summed E-state index contributed by atoms with van der Waals surface area (Å²) in [6, 6.07) is 2.47. The first kappa shape index (κ1) is 17.1. The summed E-state index contributed by atoms with van der Waals surface area (Å²) in [5.74, 6) is -4.01. The highest BCUT2D eigenvalue weighted by Crippen LogP contribution is 2.34. The maximum atomic E-state index is 13.9. The van der Waals surface area contributed by atoms with Crippen molar-refractivity contribution in [1.29, 1.82) is 5.26 Å². The molecule has 0 aromatic heterocycles. The Morgan fingerprint density at radius 1 is 1.35 bits per heavy atom. The van der Waals surface area contributed by atoms with Gasteiger partial charge in [0.1, 0.15) is 17.5 Å². The predicted molar refractivity (Wildman–Crippen MR) is 76.0 cm³/mol. The lowest BCUT2D eigenvalue weighted by atomic mass is 9.96. The molecule has 7 heteroatoms. The van der Waals surface area contributed by atoms with Crippen molar-refractivity contribution in [2.75, 3.05) is 6.54 Å². The Balaban J connectivity index is 2.26. The van der Waals surface area contributed by atoms with Gasteiger partial charge < -0.3 is 4.74 Å². The van der Waals surface area contributed by atoms with Gasteiger partial charge in [0.25, 0.3) is 0 Å². The van der Waals surface area contributed by atoms with Crippen LogP contribution < -0.4 is 0 Å². The van der Waals surface area contributed by atoms with Crippen molar-refractivity contribution in [3.63, 3.8) is 0 Å². The van der Waals surface area contributed by atoms with E-state index in [1.54, 1.807) is 20.8 Å². The maximum Gasteiger partial charge on any atom is 0.411 e. The van der Waals surface area contributed by atoms with Gasteiger partial charge in [0, 0.05) is 18.5 Å². The van der Waals surface area contributed by atoms with Gasteiger partial charge in [-0.05, 0) is 38.8 Å². The Morgan fingerprint density at radius 2 is 2.00 bits per heavy atom. The molecule has 0 saturated carbocycles. The summed E-state index contributed by atoms with van der Waals surface area (Å²) in [5, 5.41) is 9.19. The number of nitrogens with zero attached hydrogens (tertiary/aromatic N) is 2. The molecule has 1 aromatic rings. The fourth-order valence-electron chi connectivity index (χ4n) is 2.58. The van der Waals surface area contributed by atoms with Crippen molar-refractivity contribution in [2.24, 2.45) is 0 Å². The Morgan fingerprint density at radius 3 is 2.57 bits per heavy atom. The second-order valence-corrected chi connectivity index (χ2v) is 6.50. The molecule has 1 aromatic carbocycles. The van der Waals surface area contributed by atoms with Crippen LogP contribution in [0.3, 0.4) is 0 Å². The summed E-state index contributed by atoms with van der Waals surface area (Å²) in [7, 11) is 0. The van der Waals surface area contributed by atoms with Crippen LogP contribution in [-0.2, 0) is 4.74 Å². The summed E-state index contributed by atoms with van der Waals surface area (Å²) in [5.41, 5.74) is -0.917. The molecule has 124 valence electrons. The van der Waals surface area contributed by atoms with Gasteiger partial charge >= 0.3 is 6.09 Å². The Labute approximate surface area is 132 Å². The number of rotatable bonds is 1. The van der Waals surface area contributed by atoms with Crippen LogP contribution in [0.1, 0.15) is 38.7 Å². The summed E-state index contributed by atoms with van der Waals surface area (Å²) in [6.45, 7) is 5.01. The average molecular weight is 326 g/mol. The fourth-order valence-corrected chi connectivity index (χ4v) is 2.58. The van der Waals surface area contributed by atoms with E-state index in [1.807, 2.05) is 6.07 Å². The zero-order valence-electron chi connectivity index (χ0n) is 13.1. The first-order valence-electron chi connectivity index (χ1n) is 7.16. The summed E-state index contributed by atoms with van der Waals surface area (Å²) >= 11 is 0. The number of benzene rings is 1. The minimum atomic E-state index is -1.29. The van der Waals surface area contributed by atoms with Gasteiger partial charge in [0.2, 0.25) is 0 Å². The lowest BCUT2D eigenvalue weighted by Gasteiger charge is -2.26. The highest BCUT2D eigenvalue weighted by atomic mass is 19.2. The number of carbonyl (C=O) groups excluding carboxylic acids is 1. The molecule has 1 amide bonds. The fraction of sp³-hybridized carbons (Fsp3) is 0.500. The molecule has 1 aliphatic rings. The van der Waals surface area contributed by atoms with Crippen molar-refractivity contribution in [3.8, 4) is 6.07 Å². The normalized spacial score (nSPS) is 21.2. The van der Waals surface area contributed by atoms with Crippen molar-refractivity contribution in [1.82, 2.24) is 4.90 Å². The summed E-state index contributed by atoms with van der Waals surface area (Å²) in [4.78, 5) is 13.3. The monoisotopic (exact) mass is 326 g/mol. The van der Waals surface area contributed by atoms with Gasteiger partial charge in [-0.3, -0.25) is 4.90 Å². The highest BCUT2D eigenvalue weighted by Gasteiger charge is 2.39. The van der Waals surface area contributed by atoms with Crippen molar-refractivity contribution in [2.45, 2.75) is 44.8 Å². The molecule has 1 heterocycles. The van der Waals surface area contributed by atoms with Gasteiger partial charge in [0.05, 0.1) is 6.07 Å². The first-order chi connectivity index (χ1) is 10.6. The third-order valence-electron chi connectivity index (χ3n) is 3.54. The molecule has 1 aliphatic heterocycles. The quantitative estimate of drug-likeness (QED) is 0.739. The van der Waals surface area contributed by atoms with Gasteiger partial charge in [-0.1, -0.05) is 0 Å². The van der Waals surface area contributed by atoms with Crippen LogP contribution in [0, 0.1) is 28.8 Å². The average Bonchev–Trinajstić information content (AvgIpc) is 2.85. The number of hydrogen-bond acceptors (Lipinski definition) is 3. The molecule has 0 bridgehead atoms. The minimum absolute atomic E-state index is 0.0348. The number of halogens is 3. The van der Waals surface area contributed by atoms with Crippen molar-refractivity contribution >= 4 is 6.09 Å². The van der Waals surface area contributed by atoms with Gasteiger partial charge in [-0.2, -0.15) is 5.26 Å². The third kappa shape index (κ3) is 3.76. The second-order valence-electron chi connectivity index (χ2n) is 6.50. The number of nitriles is 1.